The minimum atomic E-state index is -3.83. The number of methoxy groups -OCH3 is 1. The van der Waals surface area contributed by atoms with E-state index in [0.29, 0.717) is 12.1 Å². The number of hydrogen-bond donors (Lipinski definition) is 2. The zero-order chi connectivity index (χ0) is 17.0. The van der Waals surface area contributed by atoms with E-state index in [1.165, 1.54) is 14.0 Å². The second-order valence-electron chi connectivity index (χ2n) is 4.92. The number of nitrogens with one attached hydrogen (secondary N) is 1. The Morgan fingerprint density at radius 2 is 1.96 bits per heavy atom. The number of anilines is 1. The molecule has 2 aromatic rings. The van der Waals surface area contributed by atoms with Crippen LogP contribution in [-0.2, 0) is 21.2 Å². The van der Waals surface area contributed by atoms with Gasteiger partial charge in [-0.25, -0.2) is 17.9 Å². The van der Waals surface area contributed by atoms with Crippen LogP contribution in [-0.4, -0.2) is 28.0 Å². The molecule has 23 heavy (non-hydrogen) atoms. The maximum atomic E-state index is 12.2. The number of sulfonamides is 1. The molecule has 0 atom stereocenters. The molecule has 124 valence electrons. The van der Waals surface area contributed by atoms with E-state index in [-0.39, 0.29) is 23.0 Å². The average Bonchev–Trinajstić information content (AvgIpc) is 2.91. The van der Waals surface area contributed by atoms with Gasteiger partial charge < -0.3 is 14.9 Å². The minimum Gasteiger partial charge on any atom is -0.465 e. The molecular formula is C15H18N2O5S. The van der Waals surface area contributed by atoms with Gasteiger partial charge >= 0.3 is 5.97 Å². The van der Waals surface area contributed by atoms with E-state index in [1.54, 1.807) is 12.1 Å². The highest BCUT2D eigenvalue weighted by molar-refractivity contribution is 7.89. The number of hydrogen-bond acceptors (Lipinski definition) is 6. The molecule has 0 aliphatic carbocycles. The van der Waals surface area contributed by atoms with Gasteiger partial charge in [0.2, 0.25) is 5.09 Å². The lowest BCUT2D eigenvalue weighted by Crippen LogP contribution is -2.25. The molecule has 2 rings (SSSR count). The molecule has 1 heterocycles. The molecule has 0 bridgehead atoms. The highest BCUT2D eigenvalue weighted by Crippen LogP contribution is 2.19. The Balaban J connectivity index is 2.04. The van der Waals surface area contributed by atoms with Crippen molar-refractivity contribution in [2.24, 2.45) is 0 Å². The van der Waals surface area contributed by atoms with E-state index in [9.17, 15) is 13.2 Å². The number of ether oxygens (including phenoxy) is 1. The van der Waals surface area contributed by atoms with Crippen molar-refractivity contribution in [3.05, 3.63) is 47.2 Å². The number of nitrogen functional groups attached to an aromatic ring is 1. The number of nitrogens with two attached hydrogens (primary N) is 1. The molecule has 0 saturated carbocycles. The van der Waals surface area contributed by atoms with Gasteiger partial charge in [0, 0.05) is 18.3 Å². The van der Waals surface area contributed by atoms with Crippen LogP contribution >= 0.6 is 0 Å². The van der Waals surface area contributed by atoms with Crippen molar-refractivity contribution in [1.29, 1.82) is 0 Å². The van der Waals surface area contributed by atoms with Crippen molar-refractivity contribution in [2.75, 3.05) is 19.4 Å². The summed E-state index contributed by atoms with van der Waals surface area (Å²) in [5.74, 6) is -0.453. The molecule has 7 nitrogen and oxygen atoms in total. The van der Waals surface area contributed by atoms with Crippen molar-refractivity contribution >= 4 is 21.7 Å². The van der Waals surface area contributed by atoms with Gasteiger partial charge in [-0.2, -0.15) is 0 Å². The normalized spacial score (nSPS) is 11.4. The van der Waals surface area contributed by atoms with Gasteiger partial charge in [0.25, 0.3) is 10.0 Å². The zero-order valence-electron chi connectivity index (χ0n) is 12.8. The third-order valence-electron chi connectivity index (χ3n) is 3.25. The smallest absolute Gasteiger partial charge is 0.341 e. The maximum absolute atomic E-state index is 12.2. The van der Waals surface area contributed by atoms with E-state index in [1.807, 2.05) is 12.1 Å². The largest absolute Gasteiger partial charge is 0.465 e. The number of furan rings is 1. The summed E-state index contributed by atoms with van der Waals surface area (Å²) in [4.78, 5) is 11.5. The monoisotopic (exact) mass is 338 g/mol. The van der Waals surface area contributed by atoms with E-state index >= 15 is 0 Å². The predicted molar refractivity (Wildman–Crippen MR) is 84.5 cm³/mol. The first-order chi connectivity index (χ1) is 10.8. The maximum Gasteiger partial charge on any atom is 0.341 e. The van der Waals surface area contributed by atoms with Crippen molar-refractivity contribution in [1.82, 2.24) is 4.72 Å². The Morgan fingerprint density at radius 3 is 2.57 bits per heavy atom. The van der Waals surface area contributed by atoms with Crippen LogP contribution in [0.2, 0.25) is 0 Å². The molecule has 0 fully saturated rings. The summed E-state index contributed by atoms with van der Waals surface area (Å²) in [6.45, 7) is 1.69. The molecule has 0 aliphatic heterocycles. The molecule has 0 saturated heterocycles. The van der Waals surface area contributed by atoms with Crippen LogP contribution in [0, 0.1) is 6.92 Å². The molecule has 0 spiro atoms. The third kappa shape index (κ3) is 4.11. The number of carbonyl (C=O) groups excluding carboxylic acids is 1. The topological polar surface area (TPSA) is 112 Å². The van der Waals surface area contributed by atoms with Crippen LogP contribution in [0.25, 0.3) is 0 Å². The lowest BCUT2D eigenvalue weighted by atomic mass is 10.1. The lowest BCUT2D eigenvalue weighted by Gasteiger charge is -2.04. The zero-order valence-corrected chi connectivity index (χ0v) is 13.6. The fraction of sp³-hybridized carbons (Fsp3) is 0.267. The van der Waals surface area contributed by atoms with Crippen molar-refractivity contribution in [2.45, 2.75) is 18.4 Å². The van der Waals surface area contributed by atoms with Crippen molar-refractivity contribution < 1.29 is 22.4 Å². The second kappa shape index (κ2) is 6.84. The number of rotatable bonds is 6. The first-order valence-corrected chi connectivity index (χ1v) is 8.34. The van der Waals surface area contributed by atoms with Crippen LogP contribution in [0.5, 0.6) is 0 Å². The van der Waals surface area contributed by atoms with Crippen LogP contribution < -0.4 is 10.5 Å². The minimum absolute atomic E-state index is 0.0893. The Morgan fingerprint density at radius 1 is 1.30 bits per heavy atom. The fourth-order valence-electron chi connectivity index (χ4n) is 1.99. The molecule has 8 heteroatoms. The molecule has 0 radical (unpaired) electrons. The molecule has 0 unspecified atom stereocenters. The molecule has 1 aromatic heterocycles. The lowest BCUT2D eigenvalue weighted by molar-refractivity contribution is 0.0599. The molecule has 3 N–H and O–H groups in total. The molecule has 0 amide bonds. The van der Waals surface area contributed by atoms with Gasteiger partial charge in [0.1, 0.15) is 11.3 Å². The highest BCUT2D eigenvalue weighted by atomic mass is 32.2. The van der Waals surface area contributed by atoms with Crippen LogP contribution in [0.4, 0.5) is 5.69 Å². The predicted octanol–water partition coefficient (Wildman–Crippen LogP) is 1.48. The van der Waals surface area contributed by atoms with Gasteiger partial charge in [-0.3, -0.25) is 0 Å². The van der Waals surface area contributed by atoms with Crippen molar-refractivity contribution in [3.63, 3.8) is 0 Å². The van der Waals surface area contributed by atoms with Gasteiger partial charge in [-0.15, -0.1) is 0 Å². The number of carbonyl (C=O) groups is 1. The third-order valence-corrected chi connectivity index (χ3v) is 4.57. The molecule has 1 aromatic carbocycles. The Hall–Kier alpha value is -2.32. The Bertz CT molecular complexity index is 794. The standard InChI is InChI=1S/C15H18N2O5S/c1-10-13(15(18)21-2)9-14(22-10)23(19,20)17-8-7-11-3-5-12(16)6-4-11/h3-6,9,17H,7-8,16H2,1-2H3. The van der Waals surface area contributed by atoms with Crippen molar-refractivity contribution in [3.8, 4) is 0 Å². The summed E-state index contributed by atoms with van der Waals surface area (Å²) in [5, 5.41) is -0.312. The SMILES string of the molecule is COC(=O)c1cc(S(=O)(=O)NCCc2ccc(N)cc2)oc1C. The van der Waals surface area contributed by atoms with Crippen LogP contribution in [0.3, 0.4) is 0 Å². The van der Waals surface area contributed by atoms with Gasteiger partial charge in [0.05, 0.1) is 7.11 Å². The van der Waals surface area contributed by atoms with E-state index < -0.39 is 16.0 Å². The van der Waals surface area contributed by atoms with Gasteiger partial charge in [-0.1, -0.05) is 12.1 Å². The number of benzene rings is 1. The summed E-state index contributed by atoms with van der Waals surface area (Å²) < 4.78 is 36.5. The van der Waals surface area contributed by atoms with E-state index in [0.717, 1.165) is 11.6 Å². The highest BCUT2D eigenvalue weighted by Gasteiger charge is 2.23. The first-order valence-electron chi connectivity index (χ1n) is 6.86. The fourth-order valence-corrected chi connectivity index (χ4v) is 3.01. The summed E-state index contributed by atoms with van der Waals surface area (Å²) in [6.07, 6.45) is 0.503. The summed E-state index contributed by atoms with van der Waals surface area (Å²) in [7, 11) is -2.62. The van der Waals surface area contributed by atoms with E-state index in [2.05, 4.69) is 9.46 Å². The number of esters is 1. The van der Waals surface area contributed by atoms with E-state index in [4.69, 9.17) is 10.2 Å². The number of aryl methyl sites for hydroxylation is 1. The second-order valence-corrected chi connectivity index (χ2v) is 6.61. The summed E-state index contributed by atoms with van der Waals surface area (Å²) >= 11 is 0. The molecule has 0 aliphatic rings. The van der Waals surface area contributed by atoms with Gasteiger partial charge in [0.15, 0.2) is 0 Å². The van der Waals surface area contributed by atoms with Gasteiger partial charge in [-0.05, 0) is 31.0 Å². The Kier molecular flexibility index (Phi) is 5.07. The van der Waals surface area contributed by atoms with Crippen LogP contribution in [0.1, 0.15) is 21.7 Å². The Labute approximate surface area is 134 Å². The first kappa shape index (κ1) is 17.0. The quantitative estimate of drug-likeness (QED) is 0.609. The van der Waals surface area contributed by atoms with Crippen LogP contribution in [0.15, 0.2) is 39.8 Å². The summed E-state index contributed by atoms with van der Waals surface area (Å²) in [5.41, 5.74) is 7.28. The molecular weight excluding hydrogens is 320 g/mol. The summed E-state index contributed by atoms with van der Waals surface area (Å²) in [6, 6.07) is 8.32. The average molecular weight is 338 g/mol.